The van der Waals surface area contributed by atoms with E-state index in [1.807, 2.05) is 31.2 Å². The lowest BCUT2D eigenvalue weighted by atomic mass is 9.87. The van der Waals surface area contributed by atoms with E-state index in [9.17, 15) is 4.79 Å². The van der Waals surface area contributed by atoms with Gasteiger partial charge >= 0.3 is 0 Å². The molecule has 1 atom stereocenters. The van der Waals surface area contributed by atoms with Gasteiger partial charge in [0.05, 0.1) is 13.3 Å². The summed E-state index contributed by atoms with van der Waals surface area (Å²) in [4.78, 5) is 12.6. The Morgan fingerprint density at radius 1 is 1.25 bits per heavy atom. The summed E-state index contributed by atoms with van der Waals surface area (Å²) in [6, 6.07) is 9.29. The third-order valence-corrected chi connectivity index (χ3v) is 5.39. The predicted octanol–water partition coefficient (Wildman–Crippen LogP) is 2.67. The predicted molar refractivity (Wildman–Crippen MR) is 116 cm³/mol. The van der Waals surface area contributed by atoms with E-state index in [1.165, 1.54) is 0 Å². The van der Waals surface area contributed by atoms with Crippen LogP contribution in [0.15, 0.2) is 49.2 Å². The molecule has 1 N–H and O–H groups in total. The molecule has 0 radical (unpaired) electrons. The maximum atomic E-state index is 12.6. The molecule has 4 heterocycles. The highest BCUT2D eigenvalue weighted by Gasteiger charge is 2.31. The van der Waals surface area contributed by atoms with Gasteiger partial charge in [0.15, 0.2) is 28.8 Å². The van der Waals surface area contributed by atoms with Crippen LogP contribution in [0.3, 0.4) is 0 Å². The summed E-state index contributed by atoms with van der Waals surface area (Å²) in [6.07, 6.45) is 3.73. The van der Waals surface area contributed by atoms with Gasteiger partial charge in [0, 0.05) is 17.9 Å². The van der Waals surface area contributed by atoms with E-state index < -0.39 is 0 Å². The number of rotatable bonds is 6. The number of methoxy groups -OCH3 is 1. The lowest BCUT2D eigenvalue weighted by Gasteiger charge is -2.24. The van der Waals surface area contributed by atoms with Gasteiger partial charge in [-0.05, 0) is 36.8 Å². The van der Waals surface area contributed by atoms with Crippen molar-refractivity contribution in [2.45, 2.75) is 19.3 Å². The van der Waals surface area contributed by atoms with Crippen LogP contribution in [0.2, 0.25) is 0 Å². The van der Waals surface area contributed by atoms with Gasteiger partial charge in [-0.25, -0.2) is 0 Å². The molecular weight excluding hydrogens is 410 g/mol. The molecular formula is C22H21N7O3. The number of ether oxygens (including phenoxy) is 2. The number of hydrogen-bond donors (Lipinski definition) is 1. The molecule has 1 aliphatic heterocycles. The number of carbonyl (C=O) groups is 1. The lowest BCUT2D eigenvalue weighted by Crippen LogP contribution is -2.25. The zero-order chi connectivity index (χ0) is 22.2. The topological polar surface area (TPSA) is 108 Å². The number of nitrogens with zero attached hydrogens (tertiary/aromatic N) is 6. The van der Waals surface area contributed by atoms with Gasteiger partial charge in [0.25, 0.3) is 0 Å². The first kappa shape index (κ1) is 19.7. The number of nitrogens with one attached hydrogen (secondary N) is 1. The summed E-state index contributed by atoms with van der Waals surface area (Å²) in [5.74, 6) is 2.74. The molecule has 10 heteroatoms. The highest BCUT2D eigenvalue weighted by molar-refractivity contribution is 5.94. The molecule has 0 saturated heterocycles. The Morgan fingerprint density at radius 3 is 2.94 bits per heavy atom. The Bertz CT molecular complexity index is 1340. The Kier molecular flexibility index (Phi) is 4.81. The van der Waals surface area contributed by atoms with E-state index >= 15 is 0 Å². The minimum Gasteiger partial charge on any atom is -0.493 e. The van der Waals surface area contributed by atoms with Crippen molar-refractivity contribution < 1.29 is 14.3 Å². The molecule has 1 aromatic carbocycles. The standard InChI is InChI=1S/C22H21N7O3/c1-4-9-32-17-6-5-14(10-18(17)31-3)15-11-21(30)24-22-16(15)12-23-29(22)20-8-7-19-26-25-13(2)28(19)27-20/h4-8,10,12,15H,1,9,11H2,2-3H3,(H,24,30). The van der Waals surface area contributed by atoms with Crippen LogP contribution in [0.25, 0.3) is 11.5 Å². The molecule has 0 bridgehead atoms. The molecule has 0 spiro atoms. The van der Waals surface area contributed by atoms with Crippen molar-refractivity contribution in [2.75, 3.05) is 19.0 Å². The molecule has 10 nitrogen and oxygen atoms in total. The van der Waals surface area contributed by atoms with Gasteiger partial charge in [-0.3, -0.25) is 4.79 Å². The molecule has 162 valence electrons. The molecule has 1 unspecified atom stereocenters. The number of aromatic nitrogens is 6. The fraction of sp³-hybridized carbons (Fsp3) is 0.227. The molecule has 4 aromatic rings. The van der Waals surface area contributed by atoms with Gasteiger partial charge in [-0.1, -0.05) is 18.7 Å². The van der Waals surface area contributed by atoms with Gasteiger partial charge < -0.3 is 14.8 Å². The number of benzene rings is 1. The summed E-state index contributed by atoms with van der Waals surface area (Å²) < 4.78 is 14.4. The molecule has 5 rings (SSSR count). The van der Waals surface area contributed by atoms with Crippen molar-refractivity contribution in [3.8, 4) is 17.3 Å². The Balaban J connectivity index is 1.56. The summed E-state index contributed by atoms with van der Waals surface area (Å²) in [7, 11) is 1.59. The molecule has 32 heavy (non-hydrogen) atoms. The van der Waals surface area contributed by atoms with Crippen molar-refractivity contribution in [1.29, 1.82) is 0 Å². The highest BCUT2D eigenvalue weighted by Crippen LogP contribution is 2.40. The first-order valence-electron chi connectivity index (χ1n) is 10.1. The largest absolute Gasteiger partial charge is 0.493 e. The molecule has 0 saturated carbocycles. The summed E-state index contributed by atoms with van der Waals surface area (Å²) in [6.45, 7) is 5.87. The van der Waals surface area contributed by atoms with Crippen LogP contribution in [0.1, 0.15) is 29.3 Å². The second-order valence-electron chi connectivity index (χ2n) is 7.38. The third kappa shape index (κ3) is 3.25. The van der Waals surface area contributed by atoms with Gasteiger partial charge in [-0.15, -0.1) is 15.3 Å². The summed E-state index contributed by atoms with van der Waals surface area (Å²) in [5, 5.41) is 20.1. The number of fused-ring (bicyclic) bond motifs is 2. The maximum absolute atomic E-state index is 12.6. The Hall–Kier alpha value is -4.21. The fourth-order valence-corrected chi connectivity index (χ4v) is 3.86. The Morgan fingerprint density at radius 2 is 2.12 bits per heavy atom. The zero-order valence-corrected chi connectivity index (χ0v) is 17.6. The van der Waals surface area contributed by atoms with Crippen LogP contribution in [0, 0.1) is 6.92 Å². The van der Waals surface area contributed by atoms with E-state index in [4.69, 9.17) is 9.47 Å². The highest BCUT2D eigenvalue weighted by atomic mass is 16.5. The van der Waals surface area contributed by atoms with Gasteiger partial charge in [0.1, 0.15) is 12.4 Å². The summed E-state index contributed by atoms with van der Waals surface area (Å²) >= 11 is 0. The SMILES string of the molecule is C=CCOc1ccc(C2CC(=O)Nc3c2cnn3-c2ccc3nnc(C)n3n2)cc1OC. The number of carbonyl (C=O) groups excluding carboxylic acids is 1. The molecule has 0 aliphatic carbocycles. The molecule has 1 amide bonds. The van der Waals surface area contributed by atoms with Crippen molar-refractivity contribution in [1.82, 2.24) is 29.6 Å². The average Bonchev–Trinajstić information content (AvgIpc) is 3.40. The molecule has 3 aromatic heterocycles. The second kappa shape index (κ2) is 7.80. The van der Waals surface area contributed by atoms with E-state index in [-0.39, 0.29) is 11.8 Å². The fourth-order valence-electron chi connectivity index (χ4n) is 3.86. The van der Waals surface area contributed by atoms with Crippen molar-refractivity contribution >= 4 is 17.4 Å². The van der Waals surface area contributed by atoms with Crippen molar-refractivity contribution in [2.24, 2.45) is 0 Å². The van der Waals surface area contributed by atoms with Crippen LogP contribution in [0.4, 0.5) is 5.82 Å². The normalized spacial score (nSPS) is 15.3. The summed E-state index contributed by atoms with van der Waals surface area (Å²) in [5.41, 5.74) is 2.47. The quantitative estimate of drug-likeness (QED) is 0.468. The lowest BCUT2D eigenvalue weighted by molar-refractivity contribution is -0.116. The van der Waals surface area contributed by atoms with Crippen LogP contribution in [-0.4, -0.2) is 49.2 Å². The maximum Gasteiger partial charge on any atom is 0.226 e. The monoisotopic (exact) mass is 431 g/mol. The number of hydrogen-bond acceptors (Lipinski definition) is 7. The number of anilines is 1. The minimum atomic E-state index is -0.185. The van der Waals surface area contributed by atoms with Crippen LogP contribution >= 0.6 is 0 Å². The van der Waals surface area contributed by atoms with E-state index in [0.29, 0.717) is 47.6 Å². The smallest absolute Gasteiger partial charge is 0.226 e. The zero-order valence-electron chi connectivity index (χ0n) is 17.6. The first-order valence-corrected chi connectivity index (χ1v) is 10.1. The second-order valence-corrected chi connectivity index (χ2v) is 7.38. The molecule has 1 aliphatic rings. The number of amides is 1. The van der Waals surface area contributed by atoms with Crippen LogP contribution in [0.5, 0.6) is 11.5 Å². The Labute approximate surface area is 183 Å². The minimum absolute atomic E-state index is 0.100. The van der Waals surface area contributed by atoms with E-state index in [0.717, 1.165) is 11.1 Å². The van der Waals surface area contributed by atoms with Crippen molar-refractivity contribution in [3.05, 3.63) is 66.1 Å². The average molecular weight is 431 g/mol. The van der Waals surface area contributed by atoms with Crippen LogP contribution < -0.4 is 14.8 Å². The van der Waals surface area contributed by atoms with Gasteiger partial charge in [0.2, 0.25) is 5.91 Å². The molecule has 0 fully saturated rings. The van der Waals surface area contributed by atoms with Crippen molar-refractivity contribution in [3.63, 3.8) is 0 Å². The first-order chi connectivity index (χ1) is 15.6. The van der Waals surface area contributed by atoms with E-state index in [1.54, 1.807) is 34.6 Å². The third-order valence-electron chi connectivity index (χ3n) is 5.39. The van der Waals surface area contributed by atoms with E-state index in [2.05, 4.69) is 32.3 Å². The number of aryl methyl sites for hydroxylation is 1. The van der Waals surface area contributed by atoms with Gasteiger partial charge in [-0.2, -0.15) is 14.3 Å². The van der Waals surface area contributed by atoms with Crippen LogP contribution in [-0.2, 0) is 4.79 Å².